The van der Waals surface area contributed by atoms with Gasteiger partial charge in [0.1, 0.15) is 0 Å². The lowest BCUT2D eigenvalue weighted by molar-refractivity contribution is -0.133. The fourth-order valence-electron chi connectivity index (χ4n) is 1.52. The number of amides is 1. The first kappa shape index (κ1) is 9.52. The van der Waals surface area contributed by atoms with Crippen LogP contribution in [-0.2, 0) is 4.79 Å². The maximum atomic E-state index is 11.5. The minimum Gasteiger partial charge on any atom is -0.341 e. The standard InChI is InChI=1S/C9H18N2O/c1-2-8(10)9(12)11-6-4-3-5-7-11/h8H,2-7,10H2,1H3. The van der Waals surface area contributed by atoms with Crippen molar-refractivity contribution in [2.75, 3.05) is 13.1 Å². The summed E-state index contributed by atoms with van der Waals surface area (Å²) in [6.07, 6.45) is 4.28. The number of likely N-dealkylation sites (tertiary alicyclic amines) is 1. The molecule has 1 unspecified atom stereocenters. The summed E-state index contributed by atoms with van der Waals surface area (Å²) in [5.74, 6) is 0.136. The summed E-state index contributed by atoms with van der Waals surface area (Å²) in [7, 11) is 0. The lowest BCUT2D eigenvalue weighted by Crippen LogP contribution is -2.45. The van der Waals surface area contributed by atoms with Crippen molar-refractivity contribution in [3.05, 3.63) is 0 Å². The van der Waals surface area contributed by atoms with Gasteiger partial charge in [-0.2, -0.15) is 0 Å². The van der Waals surface area contributed by atoms with E-state index < -0.39 is 0 Å². The summed E-state index contributed by atoms with van der Waals surface area (Å²) in [4.78, 5) is 13.4. The Morgan fingerprint density at radius 1 is 1.42 bits per heavy atom. The van der Waals surface area contributed by atoms with Gasteiger partial charge >= 0.3 is 0 Å². The molecule has 0 bridgehead atoms. The molecule has 1 aliphatic rings. The summed E-state index contributed by atoms with van der Waals surface area (Å²) in [6.45, 7) is 3.77. The lowest BCUT2D eigenvalue weighted by atomic mass is 10.1. The topological polar surface area (TPSA) is 46.3 Å². The highest BCUT2D eigenvalue weighted by Gasteiger charge is 2.20. The van der Waals surface area contributed by atoms with Crippen LogP contribution in [-0.4, -0.2) is 29.9 Å². The Morgan fingerprint density at radius 2 is 2.00 bits per heavy atom. The molecule has 3 heteroatoms. The van der Waals surface area contributed by atoms with Crippen LogP contribution in [0.5, 0.6) is 0 Å². The number of carbonyl (C=O) groups excluding carboxylic acids is 1. The van der Waals surface area contributed by atoms with Crippen LogP contribution in [0.15, 0.2) is 0 Å². The first-order valence-electron chi connectivity index (χ1n) is 4.80. The van der Waals surface area contributed by atoms with E-state index in [0.717, 1.165) is 32.4 Å². The highest BCUT2D eigenvalue weighted by molar-refractivity contribution is 5.81. The molecule has 0 aromatic rings. The van der Waals surface area contributed by atoms with Gasteiger partial charge in [0, 0.05) is 13.1 Å². The van der Waals surface area contributed by atoms with Crippen molar-refractivity contribution in [1.82, 2.24) is 4.90 Å². The van der Waals surface area contributed by atoms with Crippen molar-refractivity contribution < 1.29 is 4.79 Å². The zero-order valence-corrected chi connectivity index (χ0v) is 7.75. The average Bonchev–Trinajstić information content (AvgIpc) is 2.17. The molecule has 1 aliphatic heterocycles. The Bertz CT molecular complexity index is 153. The molecule has 12 heavy (non-hydrogen) atoms. The van der Waals surface area contributed by atoms with E-state index in [1.165, 1.54) is 6.42 Å². The van der Waals surface area contributed by atoms with Gasteiger partial charge < -0.3 is 10.6 Å². The third-order valence-corrected chi connectivity index (χ3v) is 2.42. The Balaban J connectivity index is 2.39. The molecule has 0 radical (unpaired) electrons. The Kier molecular flexibility index (Phi) is 3.53. The second-order valence-corrected chi connectivity index (χ2v) is 3.40. The number of nitrogens with zero attached hydrogens (tertiary/aromatic N) is 1. The summed E-state index contributed by atoms with van der Waals surface area (Å²) in [6, 6.07) is -0.275. The second-order valence-electron chi connectivity index (χ2n) is 3.40. The molecule has 0 saturated carbocycles. The van der Waals surface area contributed by atoms with E-state index in [1.54, 1.807) is 0 Å². The number of nitrogens with two attached hydrogens (primary N) is 1. The number of hydrogen-bond acceptors (Lipinski definition) is 2. The first-order chi connectivity index (χ1) is 5.75. The van der Waals surface area contributed by atoms with Crippen molar-refractivity contribution >= 4 is 5.91 Å². The molecule has 1 heterocycles. The van der Waals surface area contributed by atoms with Crippen molar-refractivity contribution in [1.29, 1.82) is 0 Å². The van der Waals surface area contributed by atoms with Gasteiger partial charge in [0.15, 0.2) is 0 Å². The predicted molar refractivity (Wildman–Crippen MR) is 48.7 cm³/mol. The zero-order valence-electron chi connectivity index (χ0n) is 7.75. The highest BCUT2D eigenvalue weighted by Crippen LogP contribution is 2.09. The van der Waals surface area contributed by atoms with Crippen LogP contribution in [0.3, 0.4) is 0 Å². The smallest absolute Gasteiger partial charge is 0.239 e. The number of rotatable bonds is 2. The fraction of sp³-hybridized carbons (Fsp3) is 0.889. The highest BCUT2D eigenvalue weighted by atomic mass is 16.2. The van der Waals surface area contributed by atoms with Gasteiger partial charge in [0.2, 0.25) is 5.91 Å². The van der Waals surface area contributed by atoms with Crippen LogP contribution in [0.2, 0.25) is 0 Å². The summed E-state index contributed by atoms with van der Waals surface area (Å²) in [5, 5.41) is 0. The van der Waals surface area contributed by atoms with Crippen LogP contribution < -0.4 is 5.73 Å². The maximum Gasteiger partial charge on any atom is 0.239 e. The quantitative estimate of drug-likeness (QED) is 0.664. The number of hydrogen-bond donors (Lipinski definition) is 1. The van der Waals surface area contributed by atoms with E-state index in [0.29, 0.717) is 0 Å². The normalized spacial score (nSPS) is 20.7. The van der Waals surface area contributed by atoms with Crippen LogP contribution in [0.4, 0.5) is 0 Å². The zero-order chi connectivity index (χ0) is 8.97. The van der Waals surface area contributed by atoms with E-state index in [2.05, 4.69) is 0 Å². The molecule has 0 aromatic carbocycles. The summed E-state index contributed by atoms with van der Waals surface area (Å²) < 4.78 is 0. The molecule has 2 N–H and O–H groups in total. The molecule has 1 amide bonds. The van der Waals surface area contributed by atoms with Gasteiger partial charge in [0.25, 0.3) is 0 Å². The third kappa shape index (κ3) is 2.21. The molecule has 1 atom stereocenters. The summed E-state index contributed by atoms with van der Waals surface area (Å²) >= 11 is 0. The minimum absolute atomic E-state index is 0.136. The van der Waals surface area contributed by atoms with Gasteiger partial charge in [-0.15, -0.1) is 0 Å². The van der Waals surface area contributed by atoms with Crippen LogP contribution in [0, 0.1) is 0 Å². The van der Waals surface area contributed by atoms with Crippen LogP contribution >= 0.6 is 0 Å². The van der Waals surface area contributed by atoms with Crippen molar-refractivity contribution in [3.8, 4) is 0 Å². The second kappa shape index (κ2) is 4.45. The maximum absolute atomic E-state index is 11.5. The monoisotopic (exact) mass is 170 g/mol. The van der Waals surface area contributed by atoms with Gasteiger partial charge in [0.05, 0.1) is 6.04 Å². The molecular weight excluding hydrogens is 152 g/mol. The van der Waals surface area contributed by atoms with Crippen LogP contribution in [0.25, 0.3) is 0 Å². The Labute approximate surface area is 73.9 Å². The Hall–Kier alpha value is -0.570. The van der Waals surface area contributed by atoms with E-state index in [-0.39, 0.29) is 11.9 Å². The van der Waals surface area contributed by atoms with Crippen molar-refractivity contribution in [3.63, 3.8) is 0 Å². The van der Waals surface area contributed by atoms with Gasteiger partial charge in [-0.25, -0.2) is 0 Å². The first-order valence-corrected chi connectivity index (χ1v) is 4.80. The molecule has 1 fully saturated rings. The average molecular weight is 170 g/mol. The van der Waals surface area contributed by atoms with Crippen molar-refractivity contribution in [2.24, 2.45) is 5.73 Å². The summed E-state index contributed by atoms with van der Waals surface area (Å²) in [5.41, 5.74) is 5.66. The molecule has 3 nitrogen and oxygen atoms in total. The minimum atomic E-state index is -0.275. The Morgan fingerprint density at radius 3 is 2.50 bits per heavy atom. The predicted octanol–water partition coefficient (Wildman–Crippen LogP) is 0.736. The van der Waals surface area contributed by atoms with E-state index in [9.17, 15) is 4.79 Å². The molecule has 0 spiro atoms. The van der Waals surface area contributed by atoms with E-state index in [4.69, 9.17) is 5.73 Å². The molecule has 0 aliphatic carbocycles. The SMILES string of the molecule is CCC(N)C(=O)N1CCCCC1. The van der Waals surface area contributed by atoms with Crippen molar-refractivity contribution in [2.45, 2.75) is 38.6 Å². The molecule has 1 saturated heterocycles. The molecule has 1 rings (SSSR count). The number of carbonyl (C=O) groups is 1. The van der Waals surface area contributed by atoms with Gasteiger partial charge in [-0.3, -0.25) is 4.79 Å². The third-order valence-electron chi connectivity index (χ3n) is 2.42. The van der Waals surface area contributed by atoms with E-state index in [1.807, 2.05) is 11.8 Å². The van der Waals surface area contributed by atoms with E-state index >= 15 is 0 Å². The molecule has 0 aromatic heterocycles. The lowest BCUT2D eigenvalue weighted by Gasteiger charge is -2.28. The number of piperidine rings is 1. The van der Waals surface area contributed by atoms with Gasteiger partial charge in [-0.1, -0.05) is 6.92 Å². The molecule has 70 valence electrons. The largest absolute Gasteiger partial charge is 0.341 e. The van der Waals surface area contributed by atoms with Gasteiger partial charge in [-0.05, 0) is 25.7 Å². The fourth-order valence-corrected chi connectivity index (χ4v) is 1.52. The molecular formula is C9H18N2O. The van der Waals surface area contributed by atoms with Crippen LogP contribution in [0.1, 0.15) is 32.6 Å².